The Hall–Kier alpha value is -3.20. The van der Waals surface area contributed by atoms with E-state index in [1.165, 1.54) is 0 Å². The van der Waals surface area contributed by atoms with E-state index in [0.29, 0.717) is 23.1 Å². The van der Waals surface area contributed by atoms with Crippen molar-refractivity contribution in [2.75, 3.05) is 0 Å². The van der Waals surface area contributed by atoms with Crippen molar-refractivity contribution in [1.29, 1.82) is 5.26 Å². The minimum Gasteiger partial charge on any atom is -0.360 e. The lowest BCUT2D eigenvalue weighted by atomic mass is 9.89. The van der Waals surface area contributed by atoms with Gasteiger partial charge in [0.1, 0.15) is 5.76 Å². The van der Waals surface area contributed by atoms with Gasteiger partial charge in [0.25, 0.3) is 0 Å². The van der Waals surface area contributed by atoms with Crippen LogP contribution in [0.5, 0.6) is 0 Å². The van der Waals surface area contributed by atoms with Gasteiger partial charge in [-0.2, -0.15) is 5.26 Å². The lowest BCUT2D eigenvalue weighted by molar-refractivity contribution is 0.0841. The standard InChI is InChI=1S/C20H17N3O3/c1-11-6-7-12-15(10-22-16(12)8-11)19(24)14(9-21)20(25)18-13-4-2-3-5-17(13)26-23-18/h6-8,10,14,22H,2-5H2,1H3. The molecule has 0 saturated carbocycles. The van der Waals surface area contributed by atoms with Crippen molar-refractivity contribution < 1.29 is 14.1 Å². The van der Waals surface area contributed by atoms with Crippen LogP contribution in [0, 0.1) is 24.2 Å². The molecule has 1 aliphatic carbocycles. The molecule has 1 N–H and O–H groups in total. The molecule has 4 rings (SSSR count). The average Bonchev–Trinajstić information content (AvgIpc) is 3.25. The Labute approximate surface area is 149 Å². The molecular weight excluding hydrogens is 330 g/mol. The molecule has 0 fully saturated rings. The molecule has 130 valence electrons. The number of benzene rings is 1. The smallest absolute Gasteiger partial charge is 0.210 e. The van der Waals surface area contributed by atoms with Crippen LogP contribution in [-0.2, 0) is 12.8 Å². The number of carbonyl (C=O) groups excluding carboxylic acids is 2. The number of nitrogens with zero attached hydrogens (tertiary/aromatic N) is 2. The second-order valence-electron chi connectivity index (χ2n) is 6.68. The summed E-state index contributed by atoms with van der Waals surface area (Å²) in [6, 6.07) is 7.50. The number of ketones is 2. The molecule has 0 amide bonds. The van der Waals surface area contributed by atoms with Gasteiger partial charge in [-0.1, -0.05) is 17.3 Å². The van der Waals surface area contributed by atoms with Crippen molar-refractivity contribution in [3.05, 3.63) is 52.5 Å². The Balaban J connectivity index is 1.70. The van der Waals surface area contributed by atoms with Crippen LogP contribution in [0.3, 0.4) is 0 Å². The van der Waals surface area contributed by atoms with Crippen molar-refractivity contribution in [2.24, 2.45) is 5.92 Å². The first-order valence-corrected chi connectivity index (χ1v) is 8.63. The molecule has 2 aromatic heterocycles. The predicted octanol–water partition coefficient (Wildman–Crippen LogP) is 3.55. The fraction of sp³-hybridized carbons (Fsp3) is 0.300. The molecule has 1 unspecified atom stereocenters. The number of aryl methyl sites for hydroxylation is 2. The van der Waals surface area contributed by atoms with Crippen LogP contribution in [0.4, 0.5) is 0 Å². The van der Waals surface area contributed by atoms with Gasteiger partial charge in [0.15, 0.2) is 17.4 Å². The summed E-state index contributed by atoms with van der Waals surface area (Å²) >= 11 is 0. The number of fused-ring (bicyclic) bond motifs is 2. The zero-order valence-corrected chi connectivity index (χ0v) is 14.3. The Morgan fingerprint density at radius 2 is 2.08 bits per heavy atom. The molecule has 0 aliphatic heterocycles. The second-order valence-corrected chi connectivity index (χ2v) is 6.68. The number of carbonyl (C=O) groups is 2. The van der Waals surface area contributed by atoms with Crippen LogP contribution in [0.25, 0.3) is 10.9 Å². The van der Waals surface area contributed by atoms with Crippen LogP contribution in [-0.4, -0.2) is 21.7 Å². The molecular formula is C20H17N3O3. The SMILES string of the molecule is Cc1ccc2c(C(=O)C(C#N)C(=O)c3noc4c3CCCC4)c[nH]c2c1. The number of H-pyrrole nitrogens is 1. The fourth-order valence-corrected chi connectivity index (χ4v) is 3.55. The van der Waals surface area contributed by atoms with Crippen molar-refractivity contribution in [1.82, 2.24) is 10.1 Å². The maximum Gasteiger partial charge on any atom is 0.210 e. The van der Waals surface area contributed by atoms with Crippen LogP contribution in [0.2, 0.25) is 0 Å². The van der Waals surface area contributed by atoms with Crippen LogP contribution in [0.15, 0.2) is 28.9 Å². The summed E-state index contributed by atoms with van der Waals surface area (Å²) in [5.74, 6) is -1.82. The Bertz CT molecular complexity index is 1070. The maximum absolute atomic E-state index is 12.9. The van der Waals surface area contributed by atoms with E-state index in [2.05, 4.69) is 10.1 Å². The van der Waals surface area contributed by atoms with Crippen molar-refractivity contribution in [3.63, 3.8) is 0 Å². The number of aromatic amines is 1. The minimum atomic E-state index is -1.42. The zero-order chi connectivity index (χ0) is 18.3. The molecule has 1 aliphatic rings. The highest BCUT2D eigenvalue weighted by atomic mass is 16.5. The normalized spacial score (nSPS) is 14.6. The lowest BCUT2D eigenvalue weighted by Gasteiger charge is -2.10. The number of hydrogen-bond donors (Lipinski definition) is 1. The number of hydrogen-bond acceptors (Lipinski definition) is 5. The topological polar surface area (TPSA) is 99.8 Å². The van der Waals surface area contributed by atoms with Crippen molar-refractivity contribution in [3.8, 4) is 6.07 Å². The molecule has 1 atom stereocenters. The van der Waals surface area contributed by atoms with Crippen molar-refractivity contribution in [2.45, 2.75) is 32.6 Å². The summed E-state index contributed by atoms with van der Waals surface area (Å²) in [6.07, 6.45) is 4.93. The summed E-state index contributed by atoms with van der Waals surface area (Å²) in [4.78, 5) is 28.8. The number of nitriles is 1. The van der Waals surface area contributed by atoms with Crippen LogP contribution in [0.1, 0.15) is 50.6 Å². The van der Waals surface area contributed by atoms with E-state index in [1.54, 1.807) is 6.20 Å². The van der Waals surface area contributed by atoms with E-state index in [0.717, 1.165) is 35.9 Å². The third-order valence-electron chi connectivity index (χ3n) is 4.94. The molecule has 6 heteroatoms. The minimum absolute atomic E-state index is 0.135. The predicted molar refractivity (Wildman–Crippen MR) is 93.9 cm³/mol. The summed E-state index contributed by atoms with van der Waals surface area (Å²) in [6.45, 7) is 1.96. The summed E-state index contributed by atoms with van der Waals surface area (Å²) in [7, 11) is 0. The highest BCUT2D eigenvalue weighted by molar-refractivity contribution is 6.21. The maximum atomic E-state index is 12.9. The van der Waals surface area contributed by atoms with E-state index >= 15 is 0 Å². The van der Waals surface area contributed by atoms with E-state index in [1.807, 2.05) is 31.2 Å². The number of aromatic nitrogens is 2. The molecule has 0 saturated heterocycles. The molecule has 0 radical (unpaired) electrons. The first-order chi connectivity index (χ1) is 12.6. The monoisotopic (exact) mass is 347 g/mol. The molecule has 3 aromatic rings. The third-order valence-corrected chi connectivity index (χ3v) is 4.94. The van der Waals surface area contributed by atoms with Gasteiger partial charge < -0.3 is 9.51 Å². The van der Waals surface area contributed by atoms with E-state index in [9.17, 15) is 14.9 Å². The van der Waals surface area contributed by atoms with Gasteiger partial charge in [-0.05, 0) is 37.8 Å². The average molecular weight is 347 g/mol. The highest BCUT2D eigenvalue weighted by Gasteiger charge is 2.34. The zero-order valence-electron chi connectivity index (χ0n) is 14.3. The molecule has 0 bridgehead atoms. The van der Waals surface area contributed by atoms with Gasteiger partial charge in [0.2, 0.25) is 5.78 Å². The summed E-state index contributed by atoms with van der Waals surface area (Å²) in [5.41, 5.74) is 3.09. The number of rotatable bonds is 4. The highest BCUT2D eigenvalue weighted by Crippen LogP contribution is 2.28. The van der Waals surface area contributed by atoms with Gasteiger partial charge in [-0.25, -0.2) is 0 Å². The molecule has 2 heterocycles. The molecule has 6 nitrogen and oxygen atoms in total. The van der Waals surface area contributed by atoms with Crippen LogP contribution < -0.4 is 0 Å². The van der Waals surface area contributed by atoms with E-state index < -0.39 is 17.5 Å². The summed E-state index contributed by atoms with van der Waals surface area (Å²) < 4.78 is 5.26. The first-order valence-electron chi connectivity index (χ1n) is 8.63. The largest absolute Gasteiger partial charge is 0.360 e. The summed E-state index contributed by atoms with van der Waals surface area (Å²) in [5, 5.41) is 14.1. The van der Waals surface area contributed by atoms with Crippen LogP contribution >= 0.6 is 0 Å². The Morgan fingerprint density at radius 3 is 2.88 bits per heavy atom. The van der Waals surface area contributed by atoms with E-state index in [-0.39, 0.29) is 5.69 Å². The second kappa shape index (κ2) is 6.26. The number of Topliss-reactive ketones (excluding diaryl/α,β-unsaturated/α-hetero) is 2. The van der Waals surface area contributed by atoms with E-state index in [4.69, 9.17) is 4.52 Å². The quantitative estimate of drug-likeness (QED) is 0.574. The Kier molecular flexibility index (Phi) is 3.92. The molecule has 26 heavy (non-hydrogen) atoms. The van der Waals surface area contributed by atoms with Gasteiger partial charge in [0, 0.05) is 34.6 Å². The molecule has 0 spiro atoms. The fourth-order valence-electron chi connectivity index (χ4n) is 3.55. The first kappa shape index (κ1) is 16.3. The third kappa shape index (κ3) is 2.53. The number of nitrogens with one attached hydrogen (secondary N) is 1. The lowest BCUT2D eigenvalue weighted by Crippen LogP contribution is -2.24. The Morgan fingerprint density at radius 1 is 1.27 bits per heavy atom. The van der Waals surface area contributed by atoms with Gasteiger partial charge in [-0.15, -0.1) is 0 Å². The van der Waals surface area contributed by atoms with Gasteiger partial charge in [0.05, 0.1) is 6.07 Å². The van der Waals surface area contributed by atoms with Gasteiger partial charge in [-0.3, -0.25) is 9.59 Å². The van der Waals surface area contributed by atoms with Gasteiger partial charge >= 0.3 is 0 Å². The van der Waals surface area contributed by atoms with Crippen molar-refractivity contribution >= 4 is 22.5 Å². The molecule has 1 aromatic carbocycles.